The number of carbonyl (C=O) groups is 2. The monoisotopic (exact) mass is 314 g/mol. The number of benzene rings is 1. The summed E-state index contributed by atoms with van der Waals surface area (Å²) in [5.74, 6) is -0.722. The lowest BCUT2D eigenvalue weighted by Crippen LogP contribution is -2.45. The van der Waals surface area contributed by atoms with Gasteiger partial charge in [-0.2, -0.15) is 0 Å². The summed E-state index contributed by atoms with van der Waals surface area (Å²) in [5, 5.41) is 2.77. The Morgan fingerprint density at radius 1 is 1.23 bits per heavy atom. The Balaban J connectivity index is 1.70. The molecular weight excluding hydrogens is 296 g/mol. The van der Waals surface area contributed by atoms with Gasteiger partial charge in [0.05, 0.1) is 4.88 Å². The highest BCUT2D eigenvalue weighted by Gasteiger charge is 2.23. The molecule has 0 saturated carbocycles. The summed E-state index contributed by atoms with van der Waals surface area (Å²) in [6.07, 6.45) is 3.67. The molecule has 0 unspecified atom stereocenters. The third-order valence-corrected chi connectivity index (χ3v) is 5.14. The summed E-state index contributed by atoms with van der Waals surface area (Å²) in [5.41, 5.74) is 7.68. The molecule has 1 aliphatic carbocycles. The minimum atomic E-state index is -0.688. The van der Waals surface area contributed by atoms with Crippen LogP contribution in [-0.2, 0) is 24.1 Å². The van der Waals surface area contributed by atoms with Gasteiger partial charge in [0, 0.05) is 11.3 Å². The van der Waals surface area contributed by atoms with E-state index in [2.05, 4.69) is 5.32 Å². The van der Waals surface area contributed by atoms with Crippen LogP contribution in [0.1, 0.15) is 32.1 Å². The number of fused-ring (bicyclic) bond motifs is 1. The summed E-state index contributed by atoms with van der Waals surface area (Å²) in [4.78, 5) is 25.9. The minimum Gasteiger partial charge on any atom is -0.368 e. The zero-order valence-electron chi connectivity index (χ0n) is 12.2. The second kappa shape index (κ2) is 6.32. The van der Waals surface area contributed by atoms with Crippen molar-refractivity contribution in [2.45, 2.75) is 31.7 Å². The summed E-state index contributed by atoms with van der Waals surface area (Å²) in [6.45, 7) is 0. The Bertz CT molecular complexity index is 672. The van der Waals surface area contributed by atoms with Gasteiger partial charge in [-0.3, -0.25) is 9.59 Å². The van der Waals surface area contributed by atoms with Crippen LogP contribution in [0.4, 0.5) is 0 Å². The van der Waals surface area contributed by atoms with E-state index in [1.165, 1.54) is 28.2 Å². The standard InChI is InChI=1S/C17H18N2O2S/c18-16(20)13(9-11-5-2-1-3-6-11)19-17(21)15-10-12-7-4-8-14(12)22-15/h1-3,5-6,10,13H,4,7-9H2,(H2,18,20)(H,19,21)/t13-/m0/s1. The lowest BCUT2D eigenvalue weighted by Gasteiger charge is -2.15. The van der Waals surface area contributed by atoms with Crippen molar-refractivity contribution >= 4 is 23.2 Å². The molecule has 2 amide bonds. The number of nitrogens with two attached hydrogens (primary N) is 1. The normalized spacial score (nSPS) is 14.4. The van der Waals surface area contributed by atoms with Crippen LogP contribution in [0.2, 0.25) is 0 Å². The summed E-state index contributed by atoms with van der Waals surface area (Å²) >= 11 is 1.53. The van der Waals surface area contributed by atoms with Crippen LogP contribution >= 0.6 is 11.3 Å². The number of rotatable bonds is 5. The Kier molecular flexibility index (Phi) is 4.24. The predicted octanol–water partition coefficient (Wildman–Crippen LogP) is 2.06. The lowest BCUT2D eigenvalue weighted by atomic mass is 10.1. The first-order valence-corrected chi connectivity index (χ1v) is 8.21. The quantitative estimate of drug-likeness (QED) is 0.886. The minimum absolute atomic E-state index is 0.209. The Morgan fingerprint density at radius 3 is 2.68 bits per heavy atom. The first kappa shape index (κ1) is 14.8. The maximum Gasteiger partial charge on any atom is 0.262 e. The van der Waals surface area contributed by atoms with Gasteiger partial charge in [0.1, 0.15) is 6.04 Å². The van der Waals surface area contributed by atoms with Gasteiger partial charge >= 0.3 is 0 Å². The van der Waals surface area contributed by atoms with E-state index in [0.717, 1.165) is 18.4 Å². The first-order valence-electron chi connectivity index (χ1n) is 7.39. The van der Waals surface area contributed by atoms with E-state index in [1.807, 2.05) is 36.4 Å². The van der Waals surface area contributed by atoms with Gasteiger partial charge in [-0.15, -0.1) is 11.3 Å². The van der Waals surface area contributed by atoms with Crippen molar-refractivity contribution < 1.29 is 9.59 Å². The molecule has 114 valence electrons. The average molecular weight is 314 g/mol. The van der Waals surface area contributed by atoms with Crippen LogP contribution in [0.5, 0.6) is 0 Å². The lowest BCUT2D eigenvalue weighted by molar-refractivity contribution is -0.119. The predicted molar refractivity (Wildman–Crippen MR) is 86.9 cm³/mol. The molecule has 0 spiro atoms. The molecule has 1 aromatic heterocycles. The molecule has 5 heteroatoms. The van der Waals surface area contributed by atoms with Gasteiger partial charge in [0.15, 0.2) is 0 Å². The van der Waals surface area contributed by atoms with Crippen molar-refractivity contribution in [1.29, 1.82) is 0 Å². The molecule has 0 saturated heterocycles. The maximum atomic E-state index is 12.3. The molecule has 2 aromatic rings. The Hall–Kier alpha value is -2.14. The zero-order valence-corrected chi connectivity index (χ0v) is 13.0. The largest absolute Gasteiger partial charge is 0.368 e. The van der Waals surface area contributed by atoms with E-state index < -0.39 is 11.9 Å². The van der Waals surface area contributed by atoms with E-state index in [1.54, 1.807) is 0 Å². The van der Waals surface area contributed by atoms with E-state index in [0.29, 0.717) is 11.3 Å². The maximum absolute atomic E-state index is 12.3. The number of hydrogen-bond donors (Lipinski definition) is 2. The van der Waals surface area contributed by atoms with E-state index in [-0.39, 0.29) is 5.91 Å². The number of aryl methyl sites for hydroxylation is 2. The molecule has 1 heterocycles. The van der Waals surface area contributed by atoms with Crippen molar-refractivity contribution in [3.8, 4) is 0 Å². The van der Waals surface area contributed by atoms with Gasteiger partial charge in [-0.05, 0) is 36.5 Å². The molecule has 1 atom stereocenters. The highest BCUT2D eigenvalue weighted by molar-refractivity contribution is 7.14. The van der Waals surface area contributed by atoms with Crippen LogP contribution in [0.3, 0.4) is 0 Å². The van der Waals surface area contributed by atoms with E-state index in [9.17, 15) is 9.59 Å². The fourth-order valence-corrected chi connectivity index (χ4v) is 3.90. The molecule has 3 N–H and O–H groups in total. The number of primary amides is 1. The van der Waals surface area contributed by atoms with Crippen LogP contribution in [-0.4, -0.2) is 17.9 Å². The highest BCUT2D eigenvalue weighted by atomic mass is 32.1. The molecule has 0 bridgehead atoms. The number of nitrogens with one attached hydrogen (secondary N) is 1. The highest BCUT2D eigenvalue weighted by Crippen LogP contribution is 2.30. The molecule has 3 rings (SSSR count). The Morgan fingerprint density at radius 2 is 2.00 bits per heavy atom. The van der Waals surface area contributed by atoms with Crippen molar-refractivity contribution in [1.82, 2.24) is 5.32 Å². The van der Waals surface area contributed by atoms with Crippen LogP contribution in [0, 0.1) is 0 Å². The van der Waals surface area contributed by atoms with Crippen molar-refractivity contribution in [2.75, 3.05) is 0 Å². The fourth-order valence-electron chi connectivity index (χ4n) is 2.74. The van der Waals surface area contributed by atoms with Gasteiger partial charge in [0.25, 0.3) is 5.91 Å². The molecule has 0 fully saturated rings. The SMILES string of the molecule is NC(=O)[C@H](Cc1ccccc1)NC(=O)c1cc2c(s1)CCC2. The average Bonchev–Trinajstić information content (AvgIpc) is 3.08. The van der Waals surface area contributed by atoms with E-state index in [4.69, 9.17) is 5.73 Å². The van der Waals surface area contributed by atoms with Crippen molar-refractivity contribution in [3.05, 3.63) is 57.3 Å². The molecule has 0 radical (unpaired) electrons. The van der Waals surface area contributed by atoms with Crippen LogP contribution < -0.4 is 11.1 Å². The summed E-state index contributed by atoms with van der Waals surface area (Å²) in [7, 11) is 0. The van der Waals surface area contributed by atoms with Crippen LogP contribution in [0.15, 0.2) is 36.4 Å². The van der Waals surface area contributed by atoms with Crippen molar-refractivity contribution in [2.24, 2.45) is 5.73 Å². The molecule has 22 heavy (non-hydrogen) atoms. The number of amides is 2. The summed E-state index contributed by atoms with van der Waals surface area (Å²) < 4.78 is 0. The number of thiophene rings is 1. The van der Waals surface area contributed by atoms with E-state index >= 15 is 0 Å². The third-order valence-electron chi connectivity index (χ3n) is 3.90. The van der Waals surface area contributed by atoms with Gasteiger partial charge in [-0.1, -0.05) is 30.3 Å². The third kappa shape index (κ3) is 3.20. The first-order chi connectivity index (χ1) is 10.6. The number of carbonyl (C=O) groups excluding carboxylic acids is 2. The van der Waals surface area contributed by atoms with Gasteiger partial charge in [-0.25, -0.2) is 0 Å². The van der Waals surface area contributed by atoms with Gasteiger partial charge < -0.3 is 11.1 Å². The fraction of sp³-hybridized carbons (Fsp3) is 0.294. The van der Waals surface area contributed by atoms with Crippen molar-refractivity contribution in [3.63, 3.8) is 0 Å². The smallest absolute Gasteiger partial charge is 0.262 e. The molecule has 1 aromatic carbocycles. The molecule has 4 nitrogen and oxygen atoms in total. The molecular formula is C17H18N2O2S. The Labute approximate surface area is 133 Å². The van der Waals surface area contributed by atoms with Crippen LogP contribution in [0.25, 0.3) is 0 Å². The molecule has 1 aliphatic rings. The second-order valence-corrected chi connectivity index (χ2v) is 6.67. The number of hydrogen-bond acceptors (Lipinski definition) is 3. The van der Waals surface area contributed by atoms with Gasteiger partial charge in [0.2, 0.25) is 5.91 Å². The topological polar surface area (TPSA) is 72.2 Å². The zero-order chi connectivity index (χ0) is 15.5. The second-order valence-electron chi connectivity index (χ2n) is 5.53. The molecule has 0 aliphatic heterocycles. The summed E-state index contributed by atoms with van der Waals surface area (Å²) in [6, 6.07) is 10.8.